The number of nitrogens with one attached hydrogen (secondary N) is 8. The van der Waals surface area contributed by atoms with Gasteiger partial charge in [-0.1, -0.05) is 77.3 Å². The summed E-state index contributed by atoms with van der Waals surface area (Å²) in [7, 11) is 0. The van der Waals surface area contributed by atoms with E-state index in [9.17, 15) is 0 Å². The molecule has 4 saturated carbocycles. The Labute approximate surface area is 323 Å². The molecule has 1 radical (unpaired) electrons. The molecule has 0 aromatic heterocycles. The molecule has 8 bridgehead atoms. The maximum atomic E-state index is 8.24. The summed E-state index contributed by atoms with van der Waals surface area (Å²) >= 11 is 0. The second-order valence-electron chi connectivity index (χ2n) is 16.0. The quantitative estimate of drug-likeness (QED) is 0.153. The molecule has 0 spiro atoms. The molecule has 9 rings (SSSR count). The van der Waals surface area contributed by atoms with Crippen molar-refractivity contribution in [1.82, 2.24) is 42.5 Å². The van der Waals surface area contributed by atoms with Gasteiger partial charge in [0.25, 0.3) is 0 Å². The Kier molecular flexibility index (Phi) is 18.2. The van der Waals surface area contributed by atoms with E-state index in [4.69, 9.17) is 39.6 Å². The van der Waals surface area contributed by atoms with Gasteiger partial charge in [-0.25, -0.2) is 0 Å². The Morgan fingerprint density at radius 1 is 0.283 bits per heavy atom. The van der Waals surface area contributed by atoms with Crippen LogP contribution >= 0.6 is 0 Å². The Morgan fingerprint density at radius 2 is 0.377 bits per heavy atom. The van der Waals surface area contributed by atoms with E-state index in [1.165, 1.54) is 103 Å². The van der Waals surface area contributed by atoms with Crippen molar-refractivity contribution in [3.8, 4) is 0 Å². The molecule has 5 aliphatic heterocycles. The molecule has 5 heterocycles. The van der Waals surface area contributed by atoms with Crippen molar-refractivity contribution in [2.45, 2.75) is 152 Å². The molecule has 9 fully saturated rings. The third kappa shape index (κ3) is 10.3. The van der Waals surface area contributed by atoms with Crippen molar-refractivity contribution >= 4 is 25.9 Å². The number of rotatable bonds is 0. The second kappa shape index (κ2) is 22.0. The van der Waals surface area contributed by atoms with E-state index in [1.54, 1.807) is 0 Å². The molecule has 8 atom stereocenters. The zero-order chi connectivity index (χ0) is 37.0. The average molecular weight is 792 g/mol. The molecule has 16 nitrogen and oxygen atoms in total. The number of fused-ring (bicyclic) bond motifs is 20. The zero-order valence-electron chi connectivity index (χ0n) is 30.3. The van der Waals surface area contributed by atoms with Gasteiger partial charge in [0.1, 0.15) is 0 Å². The van der Waals surface area contributed by atoms with Crippen LogP contribution in [0.15, 0.2) is 0 Å². The Hall–Kier alpha value is -1.93. The van der Waals surface area contributed by atoms with Crippen LogP contribution in [0.25, 0.3) is 0 Å². The maximum absolute atomic E-state index is 8.24. The summed E-state index contributed by atoms with van der Waals surface area (Å²) in [6.07, 6.45) is 25.6. The molecule has 0 aromatic rings. The van der Waals surface area contributed by atoms with Gasteiger partial charge >= 0.3 is 0 Å². The average Bonchev–Trinajstić information content (AvgIpc) is 3.89. The minimum Gasteiger partial charge on any atom is -0.665 e. The van der Waals surface area contributed by atoms with Crippen LogP contribution in [0.2, 0.25) is 0 Å². The first-order valence-electron chi connectivity index (χ1n) is 19.6. The van der Waals surface area contributed by atoms with Crippen LogP contribution in [0, 0.1) is 47.3 Å². The zero-order valence-corrected chi connectivity index (χ0v) is 31.3. The second-order valence-corrected chi connectivity index (χ2v) is 16.0. The van der Waals surface area contributed by atoms with Gasteiger partial charge < -0.3 is 39.6 Å². The predicted octanol–water partition coefficient (Wildman–Crippen LogP) is 1.05. The molecule has 8 unspecified atom stereocenters. The van der Waals surface area contributed by atoms with Gasteiger partial charge in [0.2, 0.25) is 0 Å². The molecule has 53 heavy (non-hydrogen) atoms. The van der Waals surface area contributed by atoms with Crippen LogP contribution in [0.4, 0.5) is 0 Å². The van der Waals surface area contributed by atoms with Gasteiger partial charge in [0.15, 0.2) is 0 Å². The van der Waals surface area contributed by atoms with Crippen LogP contribution in [-0.2, 0) is 36.0 Å². The van der Waals surface area contributed by atoms with Gasteiger partial charge in [0, 0.05) is 16.8 Å². The number of hydrogen-bond acceptors (Lipinski definition) is 12. The fourth-order valence-corrected chi connectivity index (χ4v) is 12.0. The normalized spacial score (nSPS) is 44.4. The first kappa shape index (κ1) is 43.8. The van der Waals surface area contributed by atoms with Gasteiger partial charge in [0.05, 0.1) is 49.3 Å². The molecular formula is C36H60CoN8O8-4. The molecule has 0 aromatic carbocycles. The standard InChI is InChI=1S/C32H56N8.4CHO2.Co/c1-2-10-18-17(9-1)25-33-26(18)38-28-21-13-5-6-14-22(21)30(35-28)40-32-24-16-8-7-15-23(24)31(36-32)39-29-20-12-4-3-11-19(20)27(34-29)37-25;4*2-1-3;/h17-40H,1-16H2;4*(H,2,3);/q;4*-1;. The number of hydrogen-bond donors (Lipinski definition) is 12. The summed E-state index contributed by atoms with van der Waals surface area (Å²) in [6.45, 7) is 2.00. The summed E-state index contributed by atoms with van der Waals surface area (Å²) in [5, 5.41) is 60.8. The fraction of sp³-hybridized carbons (Fsp3) is 0.889. The van der Waals surface area contributed by atoms with E-state index in [1.807, 2.05) is 0 Å². The summed E-state index contributed by atoms with van der Waals surface area (Å²) in [4.78, 5) is 32.9. The van der Waals surface area contributed by atoms with E-state index in [2.05, 4.69) is 42.5 Å². The van der Waals surface area contributed by atoms with Crippen LogP contribution in [0.5, 0.6) is 0 Å². The number of aliphatic hydroxyl groups excluding tert-OH is 4. The summed E-state index contributed by atoms with van der Waals surface area (Å²) < 4.78 is 0. The minimum absolute atomic E-state index is 0. The third-order valence-corrected chi connectivity index (χ3v) is 13.8. The van der Waals surface area contributed by atoms with Gasteiger partial charge in [-0.05, 0) is 98.7 Å². The summed E-state index contributed by atoms with van der Waals surface area (Å²) in [5.41, 5.74) is 0. The molecule has 12 N–H and O–H groups in total. The third-order valence-electron chi connectivity index (χ3n) is 13.8. The Bertz CT molecular complexity index is 903. The molecule has 0 amide bonds. The molecule has 305 valence electrons. The molecule has 5 saturated heterocycles. The molecule has 4 aliphatic carbocycles. The van der Waals surface area contributed by atoms with Gasteiger partial charge in [-0.3, -0.25) is 42.5 Å². The van der Waals surface area contributed by atoms with Crippen LogP contribution in [0.1, 0.15) is 103 Å². The fourth-order valence-electron chi connectivity index (χ4n) is 12.0. The van der Waals surface area contributed by atoms with Crippen LogP contribution < -0.4 is 42.5 Å². The topological polar surface area (TPSA) is 245 Å². The van der Waals surface area contributed by atoms with Crippen molar-refractivity contribution in [2.24, 2.45) is 47.3 Å². The predicted molar refractivity (Wildman–Crippen MR) is 190 cm³/mol. The smallest absolute Gasteiger partial charge is 0.0628 e. The van der Waals surface area contributed by atoms with E-state index in [0.29, 0.717) is 75.2 Å². The maximum Gasteiger partial charge on any atom is 0.0628 e. The summed E-state index contributed by atoms with van der Waals surface area (Å²) in [6, 6.07) is 0. The van der Waals surface area contributed by atoms with E-state index in [-0.39, 0.29) is 16.8 Å². The SMILES string of the molecule is C1CCC2C3NC(NC4NC(NC5NC(NC6NC(N3)C3CCCCC63)C3CCCCC53)C3CCCCC43)C2C1.O=[C-]O.O=[C-]O.O=[C-]O.O=[C-]O.[Co]. The van der Waals surface area contributed by atoms with E-state index in [0.717, 1.165) is 47.3 Å². The van der Waals surface area contributed by atoms with E-state index < -0.39 is 0 Å². The minimum atomic E-state index is 0. The van der Waals surface area contributed by atoms with Gasteiger partial charge in [-0.2, -0.15) is 0 Å². The Balaban J connectivity index is 0.000000431. The van der Waals surface area contributed by atoms with Crippen molar-refractivity contribution < 1.29 is 56.4 Å². The van der Waals surface area contributed by atoms with Crippen molar-refractivity contribution in [3.05, 3.63) is 0 Å². The van der Waals surface area contributed by atoms with Crippen LogP contribution in [-0.4, -0.2) is 95.6 Å². The van der Waals surface area contributed by atoms with Crippen molar-refractivity contribution in [1.29, 1.82) is 0 Å². The molecule has 9 aliphatic rings. The largest absolute Gasteiger partial charge is 0.665 e. The summed E-state index contributed by atoms with van der Waals surface area (Å²) in [5.74, 6) is 5.97. The van der Waals surface area contributed by atoms with Crippen molar-refractivity contribution in [2.75, 3.05) is 0 Å². The van der Waals surface area contributed by atoms with Crippen LogP contribution in [0.3, 0.4) is 0 Å². The first-order chi connectivity index (χ1) is 25.5. The first-order valence-corrected chi connectivity index (χ1v) is 19.6. The molecule has 17 heteroatoms. The van der Waals surface area contributed by atoms with Crippen molar-refractivity contribution in [3.63, 3.8) is 0 Å². The van der Waals surface area contributed by atoms with E-state index >= 15 is 0 Å². The Morgan fingerprint density at radius 3 is 0.472 bits per heavy atom. The van der Waals surface area contributed by atoms with Gasteiger partial charge in [-0.15, -0.1) is 0 Å². The monoisotopic (exact) mass is 791 g/mol. The molecular weight excluding hydrogens is 731 g/mol.